The minimum Gasteiger partial charge on any atom is -0.443 e. The fourth-order valence-electron chi connectivity index (χ4n) is 3.23. The van der Waals surface area contributed by atoms with Crippen molar-refractivity contribution in [2.75, 3.05) is 39.4 Å². The van der Waals surface area contributed by atoms with E-state index in [4.69, 9.17) is 9.15 Å². The van der Waals surface area contributed by atoms with E-state index in [2.05, 4.69) is 16.7 Å². The molecule has 25 heavy (non-hydrogen) atoms. The Kier molecular flexibility index (Phi) is 5.48. The maximum atomic E-state index is 12.6. The minimum absolute atomic E-state index is 0.0945. The first-order valence-corrected chi connectivity index (χ1v) is 8.89. The quantitative estimate of drug-likeness (QED) is 0.819. The second kappa shape index (κ2) is 7.61. The number of hydrogen-bond acceptors (Lipinski definition) is 5. The molecule has 2 aliphatic heterocycles. The highest BCUT2D eigenvalue weighted by atomic mass is 16.5. The van der Waals surface area contributed by atoms with E-state index in [0.717, 1.165) is 39.1 Å². The maximum absolute atomic E-state index is 12.6. The van der Waals surface area contributed by atoms with Crippen LogP contribution in [0.1, 0.15) is 43.0 Å². The van der Waals surface area contributed by atoms with E-state index in [1.54, 1.807) is 26.0 Å². The second-order valence-corrected chi connectivity index (χ2v) is 7.14. The Hall–Kier alpha value is -1.81. The average Bonchev–Trinajstić information content (AvgIpc) is 3.09. The Morgan fingerprint density at radius 2 is 1.88 bits per heavy atom. The van der Waals surface area contributed by atoms with Crippen molar-refractivity contribution in [3.8, 4) is 11.8 Å². The third-order valence-electron chi connectivity index (χ3n) is 4.62. The van der Waals surface area contributed by atoms with Crippen LogP contribution in [0.4, 0.5) is 0 Å². The summed E-state index contributed by atoms with van der Waals surface area (Å²) in [4.78, 5) is 16.9. The molecule has 1 N–H and O–H groups in total. The summed E-state index contributed by atoms with van der Waals surface area (Å²) in [5.41, 5.74) is -1.09. The molecule has 1 aromatic rings. The summed E-state index contributed by atoms with van der Waals surface area (Å²) in [6.07, 6.45) is 2.16. The first-order chi connectivity index (χ1) is 11.9. The number of amides is 1. The number of ether oxygens (including phenoxy) is 1. The predicted molar refractivity (Wildman–Crippen MR) is 93.2 cm³/mol. The van der Waals surface area contributed by atoms with Gasteiger partial charge in [-0.2, -0.15) is 0 Å². The van der Waals surface area contributed by atoms with Crippen molar-refractivity contribution in [3.63, 3.8) is 0 Å². The van der Waals surface area contributed by atoms with Crippen LogP contribution in [0.2, 0.25) is 0 Å². The van der Waals surface area contributed by atoms with Crippen LogP contribution < -0.4 is 0 Å². The van der Waals surface area contributed by atoms with Crippen molar-refractivity contribution in [1.82, 2.24) is 9.80 Å². The molecule has 6 nitrogen and oxygen atoms in total. The third kappa shape index (κ3) is 4.85. The fraction of sp³-hybridized carbons (Fsp3) is 0.632. The van der Waals surface area contributed by atoms with Gasteiger partial charge in [-0.15, -0.1) is 0 Å². The van der Waals surface area contributed by atoms with Crippen LogP contribution in [0, 0.1) is 11.8 Å². The molecule has 3 rings (SSSR count). The monoisotopic (exact) mass is 346 g/mol. The van der Waals surface area contributed by atoms with E-state index in [-0.39, 0.29) is 5.91 Å². The zero-order valence-corrected chi connectivity index (χ0v) is 15.0. The van der Waals surface area contributed by atoms with Crippen LogP contribution in [0.25, 0.3) is 0 Å². The molecule has 0 spiro atoms. The van der Waals surface area contributed by atoms with Crippen molar-refractivity contribution < 1.29 is 19.1 Å². The van der Waals surface area contributed by atoms with Crippen molar-refractivity contribution in [1.29, 1.82) is 0 Å². The molecule has 2 saturated heterocycles. The van der Waals surface area contributed by atoms with Gasteiger partial charge >= 0.3 is 0 Å². The van der Waals surface area contributed by atoms with Crippen LogP contribution in [0.3, 0.4) is 0 Å². The minimum atomic E-state index is -1.09. The predicted octanol–water partition coefficient (Wildman–Crippen LogP) is 1.34. The van der Waals surface area contributed by atoms with Gasteiger partial charge in [-0.1, -0.05) is 5.92 Å². The molecule has 0 aliphatic carbocycles. The first-order valence-electron chi connectivity index (χ1n) is 8.89. The van der Waals surface area contributed by atoms with Gasteiger partial charge in [-0.05, 0) is 44.7 Å². The fourth-order valence-corrected chi connectivity index (χ4v) is 3.23. The average molecular weight is 346 g/mol. The van der Waals surface area contributed by atoms with E-state index in [9.17, 15) is 9.90 Å². The molecule has 0 aromatic carbocycles. The normalized spacial score (nSPS) is 20.2. The molecule has 136 valence electrons. The van der Waals surface area contributed by atoms with Crippen LogP contribution in [-0.2, 0) is 4.74 Å². The van der Waals surface area contributed by atoms with Gasteiger partial charge in [0.2, 0.25) is 0 Å². The summed E-state index contributed by atoms with van der Waals surface area (Å²) in [7, 11) is 0. The first kappa shape index (κ1) is 18.0. The lowest BCUT2D eigenvalue weighted by Gasteiger charge is -2.40. The number of furan rings is 1. The lowest BCUT2D eigenvalue weighted by atomic mass is 10.1. The van der Waals surface area contributed by atoms with Gasteiger partial charge in [0, 0.05) is 45.4 Å². The largest absolute Gasteiger partial charge is 0.443 e. The van der Waals surface area contributed by atoms with Crippen LogP contribution in [-0.4, -0.2) is 71.8 Å². The summed E-state index contributed by atoms with van der Waals surface area (Å²) in [6, 6.07) is 3.91. The summed E-state index contributed by atoms with van der Waals surface area (Å²) in [5.74, 6) is 6.04. The number of rotatable bonds is 2. The van der Waals surface area contributed by atoms with E-state index in [1.165, 1.54) is 0 Å². The molecular weight excluding hydrogens is 320 g/mol. The van der Waals surface area contributed by atoms with Gasteiger partial charge in [0.25, 0.3) is 5.91 Å². The van der Waals surface area contributed by atoms with E-state index < -0.39 is 5.60 Å². The highest BCUT2D eigenvalue weighted by molar-refractivity contribution is 5.91. The highest BCUT2D eigenvalue weighted by Crippen LogP contribution is 2.18. The molecule has 0 atom stereocenters. The molecule has 2 aliphatic rings. The van der Waals surface area contributed by atoms with E-state index in [0.29, 0.717) is 30.7 Å². The van der Waals surface area contributed by atoms with Crippen molar-refractivity contribution in [2.24, 2.45) is 0 Å². The summed E-state index contributed by atoms with van der Waals surface area (Å²) in [5, 5.41) is 9.63. The molecule has 0 saturated carbocycles. The Morgan fingerprint density at radius 1 is 1.20 bits per heavy atom. The van der Waals surface area contributed by atoms with E-state index >= 15 is 0 Å². The molecule has 1 amide bonds. The Balaban J connectivity index is 1.55. The molecule has 0 radical (unpaired) electrons. The van der Waals surface area contributed by atoms with Gasteiger partial charge in [0.1, 0.15) is 5.60 Å². The zero-order valence-electron chi connectivity index (χ0n) is 15.0. The van der Waals surface area contributed by atoms with E-state index in [1.807, 2.05) is 4.90 Å². The van der Waals surface area contributed by atoms with Gasteiger partial charge in [0.15, 0.2) is 11.5 Å². The molecule has 2 fully saturated rings. The lowest BCUT2D eigenvalue weighted by molar-refractivity contribution is 0.0131. The number of aliphatic hydroxyl groups is 1. The summed E-state index contributed by atoms with van der Waals surface area (Å²) >= 11 is 0. The molecule has 3 heterocycles. The van der Waals surface area contributed by atoms with Crippen molar-refractivity contribution in [3.05, 3.63) is 23.7 Å². The van der Waals surface area contributed by atoms with Crippen molar-refractivity contribution >= 4 is 5.91 Å². The second-order valence-electron chi connectivity index (χ2n) is 7.14. The zero-order chi connectivity index (χ0) is 17.9. The molecule has 0 unspecified atom stereocenters. The molecular formula is C19H26N2O4. The van der Waals surface area contributed by atoms with Gasteiger partial charge in [-0.25, -0.2) is 0 Å². The molecule has 0 bridgehead atoms. The third-order valence-corrected chi connectivity index (χ3v) is 4.62. The Bertz CT molecular complexity index is 651. The smallest absolute Gasteiger partial charge is 0.289 e. The Morgan fingerprint density at radius 3 is 2.52 bits per heavy atom. The molecule has 6 heteroatoms. The van der Waals surface area contributed by atoms with Crippen LogP contribution in [0.15, 0.2) is 16.5 Å². The number of piperazine rings is 1. The van der Waals surface area contributed by atoms with Crippen LogP contribution in [0.5, 0.6) is 0 Å². The number of nitrogens with zero attached hydrogens (tertiary/aromatic N) is 2. The van der Waals surface area contributed by atoms with Crippen LogP contribution >= 0.6 is 0 Å². The van der Waals surface area contributed by atoms with Crippen molar-refractivity contribution in [2.45, 2.75) is 38.3 Å². The Labute approximate surface area is 148 Å². The SMILES string of the molecule is CC(C)(O)C#Cc1ccc(C(=O)N2CCN(C3CCOCC3)CC2)o1. The standard InChI is InChI=1S/C19H26N2O4/c1-19(2,23)8-5-16-3-4-17(25-16)18(22)21-11-9-20(10-12-21)15-6-13-24-14-7-15/h3-4,15,23H,6-7,9-14H2,1-2H3. The van der Waals surface area contributed by atoms with Gasteiger partial charge in [0.05, 0.1) is 0 Å². The summed E-state index contributed by atoms with van der Waals surface area (Å²) < 4.78 is 11.0. The van der Waals surface area contributed by atoms with Gasteiger partial charge in [-0.3, -0.25) is 9.69 Å². The topological polar surface area (TPSA) is 66.2 Å². The number of carbonyl (C=O) groups excluding carboxylic acids is 1. The lowest BCUT2D eigenvalue weighted by Crippen LogP contribution is -2.53. The summed E-state index contributed by atoms with van der Waals surface area (Å²) in [6.45, 7) is 8.09. The molecule has 1 aromatic heterocycles. The van der Waals surface area contributed by atoms with Gasteiger partial charge < -0.3 is 19.2 Å². The maximum Gasteiger partial charge on any atom is 0.289 e. The number of carbonyl (C=O) groups is 1. The number of hydrogen-bond donors (Lipinski definition) is 1. The highest BCUT2D eigenvalue weighted by Gasteiger charge is 2.28.